The molecule has 0 spiro atoms. The van der Waals surface area contributed by atoms with Gasteiger partial charge in [-0.1, -0.05) is 70.8 Å². The molecule has 0 atom stereocenters. The molecule has 0 saturated carbocycles. The van der Waals surface area contributed by atoms with Crippen molar-refractivity contribution in [2.24, 2.45) is 0 Å². The maximum atomic E-state index is 12.9. The van der Waals surface area contributed by atoms with E-state index in [1.807, 2.05) is 142 Å². The zero-order chi connectivity index (χ0) is 40.8. The molecule has 0 aromatic heterocycles. The molecule has 6 aromatic carbocycles. The highest BCUT2D eigenvalue weighted by atomic mass is 32.2. The van der Waals surface area contributed by atoms with Crippen molar-refractivity contribution in [1.29, 1.82) is 0 Å². The predicted molar refractivity (Wildman–Crippen MR) is 226 cm³/mol. The van der Waals surface area contributed by atoms with E-state index in [1.54, 1.807) is 36.4 Å². The van der Waals surface area contributed by atoms with E-state index in [2.05, 4.69) is 13.8 Å². The number of aryl methyl sites for hydroxylation is 10. The van der Waals surface area contributed by atoms with E-state index in [9.17, 15) is 16.8 Å². The van der Waals surface area contributed by atoms with Crippen molar-refractivity contribution in [2.75, 3.05) is 0 Å². The van der Waals surface area contributed by atoms with E-state index >= 15 is 0 Å². The molecule has 6 aromatic rings. The Balaban J connectivity index is 0.000000186. The van der Waals surface area contributed by atoms with Crippen LogP contribution in [0.2, 0.25) is 0 Å². The molecule has 55 heavy (non-hydrogen) atoms. The summed E-state index contributed by atoms with van der Waals surface area (Å²) in [5, 5.41) is 0. The first-order valence-electron chi connectivity index (χ1n) is 18.3. The Hall–Kier alpha value is -4.98. The van der Waals surface area contributed by atoms with E-state index in [0.717, 1.165) is 67.1 Å². The van der Waals surface area contributed by atoms with Crippen LogP contribution in [0.4, 0.5) is 0 Å². The molecule has 288 valence electrons. The molecule has 5 nitrogen and oxygen atoms in total. The molecule has 0 N–H and O–H groups in total. The van der Waals surface area contributed by atoms with E-state index in [0.29, 0.717) is 19.6 Å². The summed E-state index contributed by atoms with van der Waals surface area (Å²) in [6, 6.07) is 34.0. The average Bonchev–Trinajstić information content (AvgIpc) is 3.11. The molecule has 0 aliphatic carbocycles. The first-order chi connectivity index (χ1) is 25.7. The van der Waals surface area contributed by atoms with Crippen LogP contribution >= 0.6 is 0 Å². The molecule has 7 heteroatoms. The Morgan fingerprint density at radius 2 is 0.618 bits per heavy atom. The number of hydrogen-bond acceptors (Lipinski definition) is 5. The van der Waals surface area contributed by atoms with Crippen molar-refractivity contribution in [3.05, 3.63) is 176 Å². The maximum Gasteiger partial charge on any atom is 0.207 e. The highest BCUT2D eigenvalue weighted by molar-refractivity contribution is 7.91. The van der Waals surface area contributed by atoms with Crippen LogP contribution in [0.5, 0.6) is 11.5 Å². The van der Waals surface area contributed by atoms with Crippen LogP contribution in [0.15, 0.2) is 129 Å². The van der Waals surface area contributed by atoms with Gasteiger partial charge in [0.05, 0.1) is 19.6 Å². The molecule has 0 unspecified atom stereocenters. The van der Waals surface area contributed by atoms with Crippen molar-refractivity contribution in [2.45, 2.75) is 103 Å². The summed E-state index contributed by atoms with van der Waals surface area (Å²) in [5.41, 5.74) is 12.5. The number of benzene rings is 6. The van der Waals surface area contributed by atoms with E-state index in [-0.39, 0.29) is 0 Å². The van der Waals surface area contributed by atoms with Crippen LogP contribution in [0, 0.1) is 83.1 Å². The first-order valence-corrected chi connectivity index (χ1v) is 21.3. The number of ether oxygens (including phenoxy) is 1. The molecule has 0 radical (unpaired) electrons. The zero-order valence-corrected chi connectivity index (χ0v) is 35.9. The van der Waals surface area contributed by atoms with Crippen LogP contribution in [0.1, 0.15) is 66.8 Å². The average molecular weight is 775 g/mol. The van der Waals surface area contributed by atoms with E-state index in [4.69, 9.17) is 4.74 Å². The van der Waals surface area contributed by atoms with Gasteiger partial charge in [0.1, 0.15) is 11.5 Å². The Morgan fingerprint density at radius 1 is 0.327 bits per heavy atom. The minimum Gasteiger partial charge on any atom is -0.457 e. The van der Waals surface area contributed by atoms with Gasteiger partial charge < -0.3 is 4.74 Å². The zero-order valence-electron chi connectivity index (χ0n) is 34.3. The third kappa shape index (κ3) is 10.6. The molecule has 0 fully saturated rings. The first kappa shape index (κ1) is 42.8. The van der Waals surface area contributed by atoms with Gasteiger partial charge in [0.15, 0.2) is 0 Å². The lowest BCUT2D eigenvalue weighted by Gasteiger charge is -2.13. The summed E-state index contributed by atoms with van der Waals surface area (Å²) in [5.74, 6) is 1.76. The summed E-state index contributed by atoms with van der Waals surface area (Å²) >= 11 is 0. The summed E-state index contributed by atoms with van der Waals surface area (Å²) in [6.45, 7) is 23.6. The van der Waals surface area contributed by atoms with Crippen molar-refractivity contribution in [1.82, 2.24) is 0 Å². The number of rotatable bonds is 6. The van der Waals surface area contributed by atoms with Crippen LogP contribution in [0.3, 0.4) is 0 Å². The van der Waals surface area contributed by atoms with Crippen molar-refractivity contribution < 1.29 is 21.6 Å². The second kappa shape index (κ2) is 17.7. The third-order valence-corrected chi connectivity index (χ3v) is 13.7. The molecule has 0 heterocycles. The largest absolute Gasteiger partial charge is 0.457 e. The van der Waals surface area contributed by atoms with Crippen LogP contribution in [0.25, 0.3) is 0 Å². The highest BCUT2D eigenvalue weighted by Gasteiger charge is 2.22. The standard InChI is InChI=1S/C18H22O2S.C16H18O2S.C14H14O/c1-11-7-17(8-12(2)15(11)5)21(19,20)18-9-13(3)16(6)14(4)10-18;1-11-5-7-15(13(3)9-11)19(17,18)16-8-6-12(2)10-14(16)4;1-11-3-7-13(8-4-11)15-14-9-5-12(2)6-10-14/h7-10H,1-6H3;5-10H,1-4H3;3-10H,1-2H3. The Kier molecular flexibility index (Phi) is 13.7. The Bertz CT molecular complexity index is 2320. The second-order valence-corrected chi connectivity index (χ2v) is 18.5. The van der Waals surface area contributed by atoms with Gasteiger partial charge in [-0.3, -0.25) is 0 Å². The monoisotopic (exact) mass is 774 g/mol. The predicted octanol–water partition coefficient (Wildman–Crippen LogP) is 12.2. The number of sulfone groups is 2. The van der Waals surface area contributed by atoms with E-state index in [1.165, 1.54) is 11.1 Å². The van der Waals surface area contributed by atoms with Gasteiger partial charge in [0.25, 0.3) is 0 Å². The van der Waals surface area contributed by atoms with Gasteiger partial charge in [-0.2, -0.15) is 0 Å². The molecule has 0 amide bonds. The lowest BCUT2D eigenvalue weighted by Crippen LogP contribution is -2.06. The Labute approximate surface area is 329 Å². The van der Waals surface area contributed by atoms with Crippen LogP contribution in [-0.4, -0.2) is 16.8 Å². The summed E-state index contributed by atoms with van der Waals surface area (Å²) in [6.07, 6.45) is 0. The van der Waals surface area contributed by atoms with Crippen molar-refractivity contribution in [3.63, 3.8) is 0 Å². The molecule has 0 aliphatic heterocycles. The van der Waals surface area contributed by atoms with Gasteiger partial charge in [-0.05, 0) is 188 Å². The quantitative estimate of drug-likeness (QED) is 0.168. The fourth-order valence-corrected chi connectivity index (χ4v) is 9.40. The molecule has 0 bridgehead atoms. The van der Waals surface area contributed by atoms with Crippen molar-refractivity contribution >= 4 is 19.7 Å². The third-order valence-electron chi connectivity index (χ3n) is 9.94. The highest BCUT2D eigenvalue weighted by Crippen LogP contribution is 2.29. The minimum absolute atomic E-state index is 0.380. The van der Waals surface area contributed by atoms with Crippen LogP contribution < -0.4 is 4.74 Å². The fourth-order valence-electron chi connectivity index (χ4n) is 6.11. The lowest BCUT2D eigenvalue weighted by atomic mass is 10.1. The van der Waals surface area contributed by atoms with Gasteiger partial charge in [0, 0.05) is 0 Å². The summed E-state index contributed by atoms with van der Waals surface area (Å²) in [7, 11) is -6.90. The van der Waals surface area contributed by atoms with Gasteiger partial charge >= 0.3 is 0 Å². The topological polar surface area (TPSA) is 77.5 Å². The number of hydrogen-bond donors (Lipinski definition) is 0. The van der Waals surface area contributed by atoms with Gasteiger partial charge in [-0.15, -0.1) is 0 Å². The van der Waals surface area contributed by atoms with Gasteiger partial charge in [-0.25, -0.2) is 16.8 Å². The van der Waals surface area contributed by atoms with E-state index < -0.39 is 19.7 Å². The molecule has 6 rings (SSSR count). The molecule has 0 aliphatic rings. The minimum atomic E-state index is -3.46. The van der Waals surface area contributed by atoms with Gasteiger partial charge in [0.2, 0.25) is 19.7 Å². The maximum absolute atomic E-state index is 12.9. The summed E-state index contributed by atoms with van der Waals surface area (Å²) < 4.78 is 56.8. The summed E-state index contributed by atoms with van der Waals surface area (Å²) in [4.78, 5) is 1.55. The Morgan fingerprint density at radius 3 is 0.909 bits per heavy atom. The molecular formula is C48H54O5S2. The fraction of sp³-hybridized carbons (Fsp3) is 0.250. The normalized spacial score (nSPS) is 11.2. The SMILES string of the molecule is Cc1cc(S(=O)(=O)c2cc(C)c(C)c(C)c2)cc(C)c1C.Cc1ccc(Oc2ccc(C)cc2)cc1.Cc1ccc(S(=O)(=O)c2ccc(C)cc2C)c(C)c1. The lowest BCUT2D eigenvalue weighted by molar-refractivity contribution is 0.482. The van der Waals surface area contributed by atoms with Crippen LogP contribution in [-0.2, 0) is 19.7 Å². The smallest absolute Gasteiger partial charge is 0.207 e. The van der Waals surface area contributed by atoms with Crippen molar-refractivity contribution in [3.8, 4) is 11.5 Å². The second-order valence-electron chi connectivity index (χ2n) is 14.6. The molecule has 0 saturated heterocycles. The molecular weight excluding hydrogens is 721 g/mol.